The first kappa shape index (κ1) is 21.0. The Morgan fingerprint density at radius 2 is 1.71 bits per heavy atom. The van der Waals surface area contributed by atoms with Gasteiger partial charge in [0.25, 0.3) is 11.5 Å². The number of carbonyl (C=O) groups is 2. The fraction of sp³-hybridized carbons (Fsp3) is 0.273. The molecule has 0 atom stereocenters. The Hall–Kier alpha value is -3.26. The van der Waals surface area contributed by atoms with E-state index >= 15 is 0 Å². The fourth-order valence-electron chi connectivity index (χ4n) is 3.76. The Morgan fingerprint density at radius 1 is 1.03 bits per heavy atom. The number of aromatic nitrogens is 2. The lowest BCUT2D eigenvalue weighted by molar-refractivity contribution is -0.129. The lowest BCUT2D eigenvalue weighted by Gasteiger charge is -2.34. The average molecular weight is 443 g/mol. The molecule has 1 aliphatic rings. The topological polar surface area (TPSA) is 86.4 Å². The van der Waals surface area contributed by atoms with Crippen LogP contribution in [-0.4, -0.2) is 63.9 Å². The molecule has 0 unspecified atom stereocenters. The highest BCUT2D eigenvalue weighted by molar-refractivity contribution is 6.27. The number of benzene rings is 2. The van der Waals surface area contributed by atoms with E-state index in [9.17, 15) is 18.8 Å². The van der Waals surface area contributed by atoms with E-state index in [4.69, 9.17) is 11.6 Å². The molecule has 2 heterocycles. The number of alkyl halides is 1. The number of nitrogens with zero attached hydrogens (tertiary/aromatic N) is 3. The Bertz CT molecular complexity index is 1200. The summed E-state index contributed by atoms with van der Waals surface area (Å²) in [5.41, 5.74) is 1.03. The van der Waals surface area contributed by atoms with Crippen molar-refractivity contribution >= 4 is 34.2 Å². The number of halogens is 2. The van der Waals surface area contributed by atoms with Crippen molar-refractivity contribution in [1.82, 2.24) is 20.0 Å². The average Bonchev–Trinajstić information content (AvgIpc) is 2.81. The van der Waals surface area contributed by atoms with Crippen molar-refractivity contribution in [2.75, 3.05) is 32.1 Å². The van der Waals surface area contributed by atoms with Crippen LogP contribution in [0.1, 0.15) is 21.6 Å². The summed E-state index contributed by atoms with van der Waals surface area (Å²) >= 11 is 5.58. The van der Waals surface area contributed by atoms with Gasteiger partial charge in [-0.3, -0.25) is 14.4 Å². The number of carbonyl (C=O) groups excluding carboxylic acids is 2. The predicted molar refractivity (Wildman–Crippen MR) is 115 cm³/mol. The molecule has 1 N–H and O–H groups in total. The first-order valence-electron chi connectivity index (χ1n) is 9.85. The largest absolute Gasteiger partial charge is 0.338 e. The Morgan fingerprint density at radius 3 is 2.42 bits per heavy atom. The molecule has 0 radical (unpaired) electrons. The molecule has 0 saturated carbocycles. The van der Waals surface area contributed by atoms with Crippen LogP contribution < -0.4 is 5.56 Å². The molecule has 0 aliphatic carbocycles. The molecule has 1 aliphatic heterocycles. The third kappa shape index (κ3) is 4.29. The Balaban J connectivity index is 1.56. The van der Waals surface area contributed by atoms with E-state index in [1.54, 1.807) is 23.1 Å². The minimum absolute atomic E-state index is 0.0247. The number of rotatable bonds is 4. The Kier molecular flexibility index (Phi) is 5.99. The number of nitrogens with one attached hydrogen (secondary N) is 1. The second kappa shape index (κ2) is 8.85. The van der Waals surface area contributed by atoms with Crippen LogP contribution in [0.2, 0.25) is 0 Å². The molecule has 1 aromatic heterocycles. The summed E-state index contributed by atoms with van der Waals surface area (Å²) in [6, 6.07) is 11.5. The molecule has 3 aromatic rings. The second-order valence-corrected chi connectivity index (χ2v) is 7.61. The molecule has 9 heteroatoms. The van der Waals surface area contributed by atoms with Crippen LogP contribution >= 0.6 is 11.6 Å². The van der Waals surface area contributed by atoms with Crippen molar-refractivity contribution in [3.8, 4) is 0 Å². The number of hydrogen-bond acceptors (Lipinski definition) is 4. The summed E-state index contributed by atoms with van der Waals surface area (Å²) in [5.74, 6) is -1.30. The van der Waals surface area contributed by atoms with E-state index in [-0.39, 0.29) is 22.9 Å². The van der Waals surface area contributed by atoms with Crippen molar-refractivity contribution in [3.63, 3.8) is 0 Å². The molecule has 31 heavy (non-hydrogen) atoms. The molecule has 2 aromatic carbocycles. The van der Waals surface area contributed by atoms with Crippen molar-refractivity contribution in [3.05, 3.63) is 75.5 Å². The van der Waals surface area contributed by atoms with Gasteiger partial charge >= 0.3 is 0 Å². The smallest absolute Gasteiger partial charge is 0.272 e. The first-order valence-corrected chi connectivity index (χ1v) is 10.4. The highest BCUT2D eigenvalue weighted by Crippen LogP contribution is 2.20. The van der Waals surface area contributed by atoms with Crippen LogP contribution in [0.3, 0.4) is 0 Å². The summed E-state index contributed by atoms with van der Waals surface area (Å²) in [6.45, 7) is 1.37. The van der Waals surface area contributed by atoms with Crippen LogP contribution in [0.4, 0.5) is 4.39 Å². The zero-order valence-electron chi connectivity index (χ0n) is 16.6. The third-order valence-corrected chi connectivity index (χ3v) is 5.67. The Labute approximate surface area is 182 Å². The van der Waals surface area contributed by atoms with Gasteiger partial charge in [0.05, 0.1) is 16.6 Å². The fourth-order valence-corrected chi connectivity index (χ4v) is 3.93. The molecular formula is C22H20ClFN4O3. The van der Waals surface area contributed by atoms with Crippen LogP contribution in [0.15, 0.2) is 47.3 Å². The van der Waals surface area contributed by atoms with Gasteiger partial charge in [-0.15, -0.1) is 11.6 Å². The highest BCUT2D eigenvalue weighted by atomic mass is 35.5. The van der Waals surface area contributed by atoms with E-state index in [1.165, 1.54) is 17.0 Å². The minimum Gasteiger partial charge on any atom is -0.338 e. The number of hydrogen-bond donors (Lipinski definition) is 1. The van der Waals surface area contributed by atoms with Gasteiger partial charge in [-0.05, 0) is 23.8 Å². The van der Waals surface area contributed by atoms with Crippen molar-refractivity contribution in [2.24, 2.45) is 0 Å². The molecule has 0 bridgehead atoms. The summed E-state index contributed by atoms with van der Waals surface area (Å²) in [7, 11) is 0. The van der Waals surface area contributed by atoms with Crippen molar-refractivity contribution in [1.29, 1.82) is 0 Å². The van der Waals surface area contributed by atoms with Crippen molar-refractivity contribution < 1.29 is 14.0 Å². The number of aromatic amines is 1. The third-order valence-electron chi connectivity index (χ3n) is 5.44. The van der Waals surface area contributed by atoms with Crippen LogP contribution in [0, 0.1) is 5.82 Å². The van der Waals surface area contributed by atoms with Crippen molar-refractivity contribution in [2.45, 2.75) is 6.42 Å². The van der Waals surface area contributed by atoms with E-state index < -0.39 is 11.7 Å². The number of piperazine rings is 1. The molecule has 2 amide bonds. The SMILES string of the molecule is O=C(CCl)N1CCN(C(=O)c2cc(Cc3n[nH]c(=O)c4ccccc34)ccc2F)CC1. The van der Waals surface area contributed by atoms with Gasteiger partial charge in [0.1, 0.15) is 11.7 Å². The minimum atomic E-state index is -0.604. The van der Waals surface area contributed by atoms with Crippen LogP contribution in [0.25, 0.3) is 10.8 Å². The van der Waals surface area contributed by atoms with Gasteiger partial charge < -0.3 is 9.80 Å². The van der Waals surface area contributed by atoms with E-state index in [0.29, 0.717) is 54.6 Å². The first-order chi connectivity index (χ1) is 15.0. The van der Waals surface area contributed by atoms with Crippen LogP contribution in [-0.2, 0) is 11.2 Å². The molecular weight excluding hydrogens is 423 g/mol. The molecule has 160 valence electrons. The predicted octanol–water partition coefficient (Wildman–Crippen LogP) is 2.18. The highest BCUT2D eigenvalue weighted by Gasteiger charge is 2.26. The standard InChI is InChI=1S/C22H20ClFN4O3/c23-13-20(29)27-7-9-28(10-8-27)22(31)17-11-14(5-6-18(17)24)12-19-15-3-1-2-4-16(15)21(30)26-25-19/h1-6,11H,7-10,12-13H2,(H,26,30). The number of H-pyrrole nitrogens is 1. The zero-order chi connectivity index (χ0) is 22.0. The molecule has 7 nitrogen and oxygen atoms in total. The lowest BCUT2D eigenvalue weighted by Crippen LogP contribution is -2.51. The molecule has 1 saturated heterocycles. The zero-order valence-corrected chi connectivity index (χ0v) is 17.4. The summed E-state index contributed by atoms with van der Waals surface area (Å²) in [6.07, 6.45) is 0.329. The van der Waals surface area contributed by atoms with E-state index in [1.807, 2.05) is 12.1 Å². The maximum absolute atomic E-state index is 14.5. The lowest BCUT2D eigenvalue weighted by atomic mass is 10.0. The van der Waals surface area contributed by atoms with Gasteiger partial charge in [-0.2, -0.15) is 5.10 Å². The van der Waals surface area contributed by atoms with E-state index in [2.05, 4.69) is 10.2 Å². The van der Waals surface area contributed by atoms with Gasteiger partial charge in [-0.1, -0.05) is 24.3 Å². The molecule has 0 spiro atoms. The van der Waals surface area contributed by atoms with Gasteiger partial charge in [0, 0.05) is 38.0 Å². The molecule has 1 fully saturated rings. The van der Waals surface area contributed by atoms with Crippen LogP contribution in [0.5, 0.6) is 0 Å². The number of amides is 2. The summed E-state index contributed by atoms with van der Waals surface area (Å²) in [5, 5.41) is 7.87. The summed E-state index contributed by atoms with van der Waals surface area (Å²) < 4.78 is 14.5. The molecule has 4 rings (SSSR count). The maximum atomic E-state index is 14.5. The maximum Gasteiger partial charge on any atom is 0.272 e. The monoisotopic (exact) mass is 442 g/mol. The van der Waals surface area contributed by atoms with Gasteiger partial charge in [0.2, 0.25) is 5.91 Å². The quantitative estimate of drug-likeness (QED) is 0.627. The van der Waals surface area contributed by atoms with Gasteiger partial charge in [-0.25, -0.2) is 9.49 Å². The van der Waals surface area contributed by atoms with Gasteiger partial charge in [0.15, 0.2) is 0 Å². The normalized spacial score (nSPS) is 14.1. The second-order valence-electron chi connectivity index (χ2n) is 7.34. The summed E-state index contributed by atoms with van der Waals surface area (Å²) in [4.78, 5) is 39.7. The van der Waals surface area contributed by atoms with E-state index in [0.717, 1.165) is 0 Å². The number of fused-ring (bicyclic) bond motifs is 1.